The molecule has 12 heteroatoms. The number of carbonyl (C=O) groups excluding carboxylic acids is 1. The van der Waals surface area contributed by atoms with Gasteiger partial charge in [0.2, 0.25) is 11.1 Å². The Morgan fingerprint density at radius 2 is 2.05 bits per heavy atom. The highest BCUT2D eigenvalue weighted by molar-refractivity contribution is 7.99. The molecule has 0 aliphatic carbocycles. The van der Waals surface area contributed by atoms with Crippen LogP contribution in [-0.2, 0) is 4.79 Å². The summed E-state index contributed by atoms with van der Waals surface area (Å²) in [6.07, 6.45) is 0. The van der Waals surface area contributed by atoms with E-state index in [-0.39, 0.29) is 23.3 Å². The van der Waals surface area contributed by atoms with Crippen LogP contribution in [0.25, 0.3) is 0 Å². The average molecular weight is 324 g/mol. The Balaban J connectivity index is 1.90. The number of rotatable bonds is 6. The minimum atomic E-state index is -0.515. The molecule has 0 spiro atoms. The first-order valence-corrected chi connectivity index (χ1v) is 6.84. The van der Waals surface area contributed by atoms with E-state index in [1.807, 2.05) is 0 Å². The van der Waals surface area contributed by atoms with Gasteiger partial charge in [-0.15, -0.1) is 10.2 Å². The first-order valence-electron chi connectivity index (χ1n) is 5.85. The van der Waals surface area contributed by atoms with Crippen LogP contribution in [0, 0.1) is 10.1 Å². The van der Waals surface area contributed by atoms with Crippen LogP contribution >= 0.6 is 11.8 Å². The lowest BCUT2D eigenvalue weighted by atomic mass is 10.3. The molecule has 0 saturated heterocycles. The number of anilines is 2. The molecule has 0 aliphatic rings. The molecular formula is C10H12N8O3S. The molecule has 0 atom stereocenters. The zero-order valence-electron chi connectivity index (χ0n) is 11.1. The molecule has 2 rings (SSSR count). The summed E-state index contributed by atoms with van der Waals surface area (Å²) in [4.78, 5) is 21.8. The maximum absolute atomic E-state index is 11.8. The van der Waals surface area contributed by atoms with E-state index in [0.717, 1.165) is 16.4 Å². The number of nitrogens with two attached hydrogens (primary N) is 2. The highest BCUT2D eigenvalue weighted by Gasteiger charge is 2.12. The van der Waals surface area contributed by atoms with E-state index in [9.17, 15) is 14.9 Å². The van der Waals surface area contributed by atoms with Crippen LogP contribution in [0.4, 0.5) is 17.3 Å². The normalized spacial score (nSPS) is 10.2. The van der Waals surface area contributed by atoms with Gasteiger partial charge in [-0.25, -0.2) is 10.5 Å². The van der Waals surface area contributed by atoms with E-state index in [2.05, 4.69) is 20.9 Å². The summed E-state index contributed by atoms with van der Waals surface area (Å²) in [5.41, 5.74) is 2.66. The second kappa shape index (κ2) is 6.73. The van der Waals surface area contributed by atoms with Crippen LogP contribution in [0.5, 0.6) is 0 Å². The van der Waals surface area contributed by atoms with Crippen LogP contribution < -0.4 is 22.4 Å². The van der Waals surface area contributed by atoms with Crippen molar-refractivity contribution < 1.29 is 9.72 Å². The largest absolute Gasteiger partial charge is 0.334 e. The SMILES string of the molecule is NNc1nnc(SCC(=O)Nc2ccc([N+](=O)[O-])cc2)n1N. The third-order valence-electron chi connectivity index (χ3n) is 2.49. The van der Waals surface area contributed by atoms with Crippen LogP contribution in [-0.4, -0.2) is 31.5 Å². The topological polar surface area (TPSA) is 167 Å². The Bertz CT molecular complexity index is 686. The van der Waals surface area contributed by atoms with E-state index in [0.29, 0.717) is 10.8 Å². The van der Waals surface area contributed by atoms with E-state index < -0.39 is 4.92 Å². The molecule has 6 N–H and O–H groups in total. The van der Waals surface area contributed by atoms with Gasteiger partial charge in [0.15, 0.2) is 0 Å². The molecule has 0 radical (unpaired) electrons. The third kappa shape index (κ3) is 3.62. The van der Waals surface area contributed by atoms with Gasteiger partial charge in [0.05, 0.1) is 10.7 Å². The summed E-state index contributed by atoms with van der Waals surface area (Å²) in [6, 6.07) is 5.50. The zero-order chi connectivity index (χ0) is 16.1. The van der Waals surface area contributed by atoms with Gasteiger partial charge in [-0.05, 0) is 12.1 Å². The second-order valence-electron chi connectivity index (χ2n) is 3.96. The fraction of sp³-hybridized carbons (Fsp3) is 0.100. The van der Waals surface area contributed by atoms with Crippen LogP contribution in [0.15, 0.2) is 29.4 Å². The van der Waals surface area contributed by atoms with Gasteiger partial charge >= 0.3 is 0 Å². The number of nitro benzene ring substituents is 1. The lowest BCUT2D eigenvalue weighted by Gasteiger charge is -2.05. The fourth-order valence-electron chi connectivity index (χ4n) is 1.47. The molecule has 11 nitrogen and oxygen atoms in total. The molecule has 0 unspecified atom stereocenters. The summed E-state index contributed by atoms with van der Waals surface area (Å²) >= 11 is 1.07. The van der Waals surface area contributed by atoms with Crippen LogP contribution in [0.3, 0.4) is 0 Å². The summed E-state index contributed by atoms with van der Waals surface area (Å²) in [5, 5.41) is 20.8. The highest BCUT2D eigenvalue weighted by atomic mass is 32.2. The van der Waals surface area contributed by atoms with Crippen molar-refractivity contribution in [1.29, 1.82) is 0 Å². The molecule has 1 aromatic heterocycles. The number of hydrazine groups is 1. The minimum Gasteiger partial charge on any atom is -0.334 e. The average Bonchev–Trinajstić information content (AvgIpc) is 2.86. The number of nitrogens with zero attached hydrogens (tertiary/aromatic N) is 4. The first-order chi connectivity index (χ1) is 10.5. The molecule has 2 aromatic rings. The summed E-state index contributed by atoms with van der Waals surface area (Å²) in [5.74, 6) is 10.7. The lowest BCUT2D eigenvalue weighted by Crippen LogP contribution is -2.19. The smallest absolute Gasteiger partial charge is 0.269 e. The summed E-state index contributed by atoms with van der Waals surface area (Å²) in [7, 11) is 0. The number of amides is 1. The number of thioether (sulfide) groups is 1. The molecule has 1 amide bonds. The number of aromatic nitrogens is 3. The van der Waals surface area contributed by atoms with Crippen molar-refractivity contribution in [3.63, 3.8) is 0 Å². The Morgan fingerprint density at radius 1 is 1.36 bits per heavy atom. The number of hydrogen-bond donors (Lipinski definition) is 4. The molecule has 0 aliphatic heterocycles. The van der Waals surface area contributed by atoms with E-state index in [1.54, 1.807) is 0 Å². The number of nitrogens with one attached hydrogen (secondary N) is 2. The van der Waals surface area contributed by atoms with Crippen molar-refractivity contribution in [2.75, 3.05) is 22.3 Å². The van der Waals surface area contributed by atoms with E-state index in [4.69, 9.17) is 11.7 Å². The number of nitrogen functional groups attached to an aromatic ring is 2. The van der Waals surface area contributed by atoms with Gasteiger partial charge in [-0.1, -0.05) is 11.8 Å². The van der Waals surface area contributed by atoms with Gasteiger partial charge in [-0.3, -0.25) is 20.3 Å². The van der Waals surface area contributed by atoms with Gasteiger partial charge < -0.3 is 11.2 Å². The summed E-state index contributed by atoms with van der Waals surface area (Å²) < 4.78 is 1.11. The maximum atomic E-state index is 11.8. The number of carbonyl (C=O) groups is 1. The standard InChI is InChI=1S/C10H12N8O3S/c11-14-9-15-16-10(17(9)12)22-5-8(19)13-6-1-3-7(4-2-6)18(20)21/h1-4H,5,11-12H2,(H,13,19)(H,14,15). The monoisotopic (exact) mass is 324 g/mol. The van der Waals surface area contributed by atoms with Gasteiger partial charge in [0.1, 0.15) is 0 Å². The van der Waals surface area contributed by atoms with Crippen LogP contribution in [0.2, 0.25) is 0 Å². The highest BCUT2D eigenvalue weighted by Crippen LogP contribution is 2.18. The van der Waals surface area contributed by atoms with Crippen molar-refractivity contribution in [1.82, 2.24) is 14.9 Å². The molecule has 1 heterocycles. The van der Waals surface area contributed by atoms with E-state index in [1.165, 1.54) is 24.3 Å². The third-order valence-corrected chi connectivity index (χ3v) is 3.43. The number of non-ortho nitro benzene ring substituents is 1. The zero-order valence-corrected chi connectivity index (χ0v) is 11.9. The van der Waals surface area contributed by atoms with Crippen molar-refractivity contribution in [2.45, 2.75) is 5.16 Å². The Hall–Kier alpha value is -2.86. The van der Waals surface area contributed by atoms with Crippen molar-refractivity contribution >= 4 is 35.0 Å². The number of hydrogen-bond acceptors (Lipinski definition) is 9. The Labute approximate surface area is 128 Å². The predicted molar refractivity (Wildman–Crippen MR) is 80.4 cm³/mol. The first kappa shape index (κ1) is 15.5. The van der Waals surface area contributed by atoms with Crippen molar-refractivity contribution in [3.8, 4) is 0 Å². The summed E-state index contributed by atoms with van der Waals surface area (Å²) in [6.45, 7) is 0. The second-order valence-corrected chi connectivity index (χ2v) is 4.90. The molecule has 22 heavy (non-hydrogen) atoms. The van der Waals surface area contributed by atoms with Crippen molar-refractivity contribution in [2.24, 2.45) is 5.84 Å². The molecular weight excluding hydrogens is 312 g/mol. The fourth-order valence-corrected chi connectivity index (χ4v) is 2.12. The minimum absolute atomic E-state index is 0.0386. The van der Waals surface area contributed by atoms with Gasteiger partial charge in [0, 0.05) is 17.8 Å². The maximum Gasteiger partial charge on any atom is 0.269 e. The van der Waals surface area contributed by atoms with E-state index >= 15 is 0 Å². The van der Waals surface area contributed by atoms with Gasteiger partial charge in [-0.2, -0.15) is 0 Å². The molecule has 0 fully saturated rings. The quantitative estimate of drug-likeness (QED) is 0.246. The molecule has 0 saturated carbocycles. The lowest BCUT2D eigenvalue weighted by molar-refractivity contribution is -0.384. The van der Waals surface area contributed by atoms with Crippen molar-refractivity contribution in [3.05, 3.63) is 34.4 Å². The van der Waals surface area contributed by atoms with Gasteiger partial charge in [0.25, 0.3) is 11.6 Å². The predicted octanol–water partition coefficient (Wildman–Crippen LogP) is -0.0835. The number of nitro groups is 1. The Morgan fingerprint density at radius 3 is 2.59 bits per heavy atom. The Kier molecular flexibility index (Phi) is 4.75. The molecule has 1 aromatic carbocycles. The number of benzene rings is 1. The molecule has 116 valence electrons. The van der Waals surface area contributed by atoms with Crippen LogP contribution in [0.1, 0.15) is 0 Å². The molecule has 0 bridgehead atoms.